The first-order valence-corrected chi connectivity index (χ1v) is 34.8. The molecule has 83 heavy (non-hydrogen) atoms. The van der Waals surface area contributed by atoms with Crippen LogP contribution in [-0.2, 0) is 18.9 Å². The highest BCUT2D eigenvalue weighted by molar-refractivity contribution is 5.70. The zero-order valence-electron chi connectivity index (χ0n) is 56.7. The lowest BCUT2D eigenvalue weighted by Crippen LogP contribution is -2.53. The van der Waals surface area contributed by atoms with Crippen molar-refractivity contribution in [2.75, 3.05) is 19.8 Å². The van der Waals surface area contributed by atoms with Crippen LogP contribution in [0.3, 0.4) is 0 Å². The van der Waals surface area contributed by atoms with E-state index in [1.165, 1.54) is 217 Å². The van der Waals surface area contributed by atoms with Crippen molar-refractivity contribution < 1.29 is 49.0 Å². The van der Waals surface area contributed by atoms with E-state index in [0.717, 1.165) is 38.5 Å². The quantitative estimate of drug-likeness (QED) is 0.0289. The normalized spacial score (nSPS) is 18.3. The molecule has 2 fully saturated rings. The van der Waals surface area contributed by atoms with E-state index in [9.17, 15) is 24.9 Å². The van der Waals surface area contributed by atoms with Gasteiger partial charge in [-0.3, -0.25) is 9.80 Å². The summed E-state index contributed by atoms with van der Waals surface area (Å²) in [6, 6.07) is -1.25. The van der Waals surface area contributed by atoms with Crippen molar-refractivity contribution in [2.45, 2.75) is 406 Å². The van der Waals surface area contributed by atoms with Gasteiger partial charge in [-0.1, -0.05) is 264 Å². The molecule has 13 nitrogen and oxygen atoms in total. The van der Waals surface area contributed by atoms with Gasteiger partial charge in [0.2, 0.25) is 0 Å². The highest BCUT2D eigenvalue weighted by Gasteiger charge is 2.49. The third kappa shape index (κ3) is 42.5. The van der Waals surface area contributed by atoms with Crippen molar-refractivity contribution in [1.82, 2.24) is 9.80 Å². The first-order valence-electron chi connectivity index (χ1n) is 34.8. The average Bonchev–Trinajstić information content (AvgIpc) is 4.00. The minimum absolute atomic E-state index is 0.125. The number of amides is 2. The Morgan fingerprint density at radius 3 is 1.11 bits per heavy atom. The van der Waals surface area contributed by atoms with Crippen LogP contribution in [0.1, 0.15) is 347 Å². The maximum Gasteiger partial charge on any atom is 0.413 e. The molecule has 13 heteroatoms. The number of carbonyl (C=O) groups excluding carboxylic acids is 2. The number of carbonyl (C=O) groups is 2. The van der Waals surface area contributed by atoms with Crippen LogP contribution in [0, 0.1) is 0 Å². The average molecular weight is 1180 g/mol. The molecule has 0 aliphatic carbocycles. The second-order valence-corrected chi connectivity index (χ2v) is 27.6. The van der Waals surface area contributed by atoms with Crippen LogP contribution < -0.4 is 5.73 Å². The van der Waals surface area contributed by atoms with Gasteiger partial charge in [0.1, 0.15) is 22.7 Å². The number of nitrogens with zero attached hydrogens (tertiary/aromatic N) is 2. The fraction of sp³-hybridized carbons (Fsp3) is 0.943. The van der Waals surface area contributed by atoms with Crippen molar-refractivity contribution in [1.29, 1.82) is 0 Å². The van der Waals surface area contributed by atoms with Gasteiger partial charge in [-0.05, 0) is 94.9 Å². The molecule has 2 rings (SSSR count). The third-order valence-electron chi connectivity index (χ3n) is 16.3. The lowest BCUT2D eigenvalue weighted by Gasteiger charge is -2.36. The van der Waals surface area contributed by atoms with Crippen molar-refractivity contribution >= 4 is 12.2 Å². The molecule has 2 aliphatic rings. The van der Waals surface area contributed by atoms with Crippen molar-refractivity contribution in [3.8, 4) is 0 Å². The van der Waals surface area contributed by atoms with Gasteiger partial charge >= 0.3 is 12.2 Å². The Hall–Kier alpha value is -2.00. The number of hydrogen-bond donors (Lipinski definition) is 5. The standard InChI is InChI=1S/C26H51NO4.C26H49NO4.C18H39NO2/c2*1-7-8-9-10-11-12-13-14-15-16-17-18-19-20-23(28)22-21-30-26(5,6)27(22)24(29)31-25(2,3)4;1-2-3-4-5-6-7-8-9-10-11-12-13-14-15-18(21)17(19)16-20/h22-23,28H,7-21H2,1-6H3;19-20,22-23,28H,7-18,21H2,1-6H3;17-18,20-21H,2-16,19H2,1H3/b;20-19+;/t2*22-,23?;17-,18?/m000/s1. The summed E-state index contributed by atoms with van der Waals surface area (Å²) in [5.74, 6) is 0. The van der Waals surface area contributed by atoms with Crippen LogP contribution in [-0.4, -0.2) is 121 Å². The van der Waals surface area contributed by atoms with Crippen LogP contribution in [0.4, 0.5) is 9.59 Å². The molecule has 2 amide bonds. The van der Waals surface area contributed by atoms with Crippen molar-refractivity contribution in [2.24, 2.45) is 5.73 Å². The zero-order chi connectivity index (χ0) is 62.4. The predicted molar refractivity (Wildman–Crippen MR) is 348 cm³/mol. The molecule has 0 spiro atoms. The van der Waals surface area contributed by atoms with Gasteiger partial charge in [0.05, 0.1) is 56.3 Å². The molecule has 6 atom stereocenters. The highest BCUT2D eigenvalue weighted by Crippen LogP contribution is 2.33. The topological polar surface area (TPSA) is 184 Å². The van der Waals surface area contributed by atoms with E-state index < -0.39 is 65.2 Å². The molecular formula is C70H139N3O10. The van der Waals surface area contributed by atoms with Gasteiger partial charge in [-0.2, -0.15) is 0 Å². The fourth-order valence-electron chi connectivity index (χ4n) is 11.1. The Morgan fingerprint density at radius 2 is 0.783 bits per heavy atom. The molecule has 0 aromatic rings. The van der Waals surface area contributed by atoms with Gasteiger partial charge in [0.15, 0.2) is 0 Å². The Kier molecular flexibility index (Phi) is 47.8. The van der Waals surface area contributed by atoms with Gasteiger partial charge in [0, 0.05) is 0 Å². The van der Waals surface area contributed by atoms with Gasteiger partial charge in [-0.25, -0.2) is 9.59 Å². The zero-order valence-corrected chi connectivity index (χ0v) is 56.7. The molecule has 0 bridgehead atoms. The molecular weight excluding hydrogens is 1040 g/mol. The summed E-state index contributed by atoms with van der Waals surface area (Å²) in [6.45, 7) is 25.8. The molecule has 0 aromatic carbocycles. The number of ether oxygens (including phenoxy) is 4. The molecule has 3 unspecified atom stereocenters. The van der Waals surface area contributed by atoms with E-state index >= 15 is 0 Å². The van der Waals surface area contributed by atoms with Crippen molar-refractivity contribution in [3.05, 3.63) is 12.2 Å². The molecule has 2 aliphatic heterocycles. The predicted octanol–water partition coefficient (Wildman–Crippen LogP) is 18.3. The van der Waals surface area contributed by atoms with E-state index in [0.29, 0.717) is 19.6 Å². The Bertz CT molecular complexity index is 1550. The largest absolute Gasteiger partial charge is 0.444 e. The van der Waals surface area contributed by atoms with Gasteiger partial charge in [0.25, 0.3) is 0 Å². The minimum Gasteiger partial charge on any atom is -0.444 e. The second kappa shape index (κ2) is 48.9. The maximum absolute atomic E-state index is 12.7. The molecule has 6 N–H and O–H groups in total. The molecule has 0 radical (unpaired) electrons. The van der Waals surface area contributed by atoms with E-state index in [1.807, 2.05) is 81.4 Å². The van der Waals surface area contributed by atoms with E-state index in [4.69, 9.17) is 29.8 Å². The molecule has 0 aromatic heterocycles. The summed E-state index contributed by atoms with van der Waals surface area (Å²) in [4.78, 5) is 28.5. The van der Waals surface area contributed by atoms with Crippen LogP contribution in [0.15, 0.2) is 12.2 Å². The SMILES string of the molecule is CCCCCCCCCCCCC/C=C/C(O)[C@@H]1COC(C)(C)N1C(=O)OC(C)(C)C.CCCCCCCCCCCCCCCC(O)[C@@H](N)CO.CCCCCCCCCCCCCCCC(O)[C@@H]1COC(C)(C)N1C(=O)OC(C)(C)C. The van der Waals surface area contributed by atoms with Crippen LogP contribution >= 0.6 is 0 Å². The molecule has 2 heterocycles. The summed E-state index contributed by atoms with van der Waals surface area (Å²) in [7, 11) is 0. The summed E-state index contributed by atoms with van der Waals surface area (Å²) in [5.41, 5.74) is 2.85. The lowest BCUT2D eigenvalue weighted by atomic mass is 10.0. The Labute approximate surface area is 512 Å². The Morgan fingerprint density at radius 1 is 0.494 bits per heavy atom. The highest BCUT2D eigenvalue weighted by atomic mass is 16.6. The lowest BCUT2D eigenvalue weighted by molar-refractivity contribution is -0.0685. The number of aliphatic hydroxyl groups is 4. The summed E-state index contributed by atoms with van der Waals surface area (Å²) in [5, 5.41) is 39.8. The summed E-state index contributed by atoms with van der Waals surface area (Å²) >= 11 is 0. The minimum atomic E-state index is -0.794. The maximum atomic E-state index is 12.7. The first kappa shape index (κ1) is 81.0. The molecule has 494 valence electrons. The number of hydrogen-bond acceptors (Lipinski definition) is 11. The van der Waals surface area contributed by atoms with Crippen molar-refractivity contribution in [3.63, 3.8) is 0 Å². The van der Waals surface area contributed by atoms with Crippen LogP contribution in [0.2, 0.25) is 0 Å². The van der Waals surface area contributed by atoms with E-state index in [-0.39, 0.29) is 12.6 Å². The summed E-state index contributed by atoms with van der Waals surface area (Å²) in [6.07, 6.45) is 52.4. The monoisotopic (exact) mass is 1180 g/mol. The van der Waals surface area contributed by atoms with Gasteiger partial charge < -0.3 is 45.1 Å². The van der Waals surface area contributed by atoms with Gasteiger partial charge in [-0.15, -0.1) is 0 Å². The number of aliphatic hydroxyl groups excluding tert-OH is 4. The number of rotatable bonds is 45. The number of nitrogens with two attached hydrogens (primary N) is 1. The van der Waals surface area contributed by atoms with Crippen LogP contribution in [0.25, 0.3) is 0 Å². The van der Waals surface area contributed by atoms with Crippen LogP contribution in [0.5, 0.6) is 0 Å². The molecule has 0 saturated carbocycles. The number of unbranched alkanes of at least 4 members (excludes halogenated alkanes) is 35. The third-order valence-corrected chi connectivity index (χ3v) is 16.3. The first-order chi connectivity index (χ1) is 39.4. The van der Waals surface area contributed by atoms with E-state index in [1.54, 1.807) is 4.90 Å². The number of allylic oxidation sites excluding steroid dienone is 1. The smallest absolute Gasteiger partial charge is 0.413 e. The Balaban J connectivity index is 0.00000124. The molecule has 2 saturated heterocycles. The fourth-order valence-corrected chi connectivity index (χ4v) is 11.1. The summed E-state index contributed by atoms with van der Waals surface area (Å²) < 4.78 is 22.7. The second-order valence-electron chi connectivity index (χ2n) is 27.6. The van der Waals surface area contributed by atoms with E-state index in [2.05, 4.69) is 20.8 Å².